The number of para-hydroxylation sites is 1. The zero-order valence-corrected chi connectivity index (χ0v) is 25.9. The number of aliphatic hydroxyl groups is 1. The maximum Gasteiger partial charge on any atom is 0.243 e. The molecule has 3 atom stereocenters. The average molecular weight is 611 g/mol. The maximum atomic E-state index is 13.6. The Morgan fingerprint density at radius 2 is 1.58 bits per heavy atom. The maximum absolute atomic E-state index is 13.6. The Bertz CT molecular complexity index is 1520. The molecule has 1 fully saturated rings. The van der Waals surface area contributed by atoms with Gasteiger partial charge in [-0.1, -0.05) is 86.8 Å². The van der Waals surface area contributed by atoms with Gasteiger partial charge in [0.15, 0.2) is 0 Å². The van der Waals surface area contributed by atoms with Crippen LogP contribution in [0.25, 0.3) is 5.69 Å². The first-order valence-electron chi connectivity index (χ1n) is 15.6. The molecule has 0 unspecified atom stereocenters. The summed E-state index contributed by atoms with van der Waals surface area (Å²) < 4.78 is 13.0. The SMILES string of the molecule is COc1ccc(COc2cc([C@@H](O)[C@H](C)C(=O)N[C@@H](Cc3ccccc3)C(=O)NC3CCCCC3)nn2-c2ccccc2)cc1. The van der Waals surface area contributed by atoms with E-state index >= 15 is 0 Å². The normalized spacial score (nSPS) is 15.4. The monoisotopic (exact) mass is 610 g/mol. The molecule has 9 heteroatoms. The molecule has 0 aliphatic heterocycles. The molecule has 0 saturated heterocycles. The van der Waals surface area contributed by atoms with E-state index in [1.807, 2.05) is 84.9 Å². The summed E-state index contributed by atoms with van der Waals surface area (Å²) in [6.45, 7) is 1.91. The highest BCUT2D eigenvalue weighted by molar-refractivity contribution is 5.89. The molecule has 9 nitrogen and oxygen atoms in total. The van der Waals surface area contributed by atoms with Gasteiger partial charge in [-0.2, -0.15) is 5.10 Å². The number of nitrogens with zero attached hydrogens (tertiary/aromatic N) is 2. The van der Waals surface area contributed by atoms with Gasteiger partial charge in [-0.3, -0.25) is 9.59 Å². The third-order valence-electron chi connectivity index (χ3n) is 8.30. The third kappa shape index (κ3) is 8.51. The lowest BCUT2D eigenvalue weighted by atomic mass is 9.94. The van der Waals surface area contributed by atoms with E-state index in [9.17, 15) is 14.7 Å². The lowest BCUT2D eigenvalue weighted by Gasteiger charge is -2.27. The van der Waals surface area contributed by atoms with E-state index in [0.29, 0.717) is 12.3 Å². The van der Waals surface area contributed by atoms with E-state index in [2.05, 4.69) is 15.7 Å². The molecular weight excluding hydrogens is 568 g/mol. The van der Waals surface area contributed by atoms with Gasteiger partial charge < -0.3 is 25.2 Å². The van der Waals surface area contributed by atoms with E-state index in [1.165, 1.54) is 6.42 Å². The van der Waals surface area contributed by atoms with Crippen LogP contribution in [0, 0.1) is 5.92 Å². The molecule has 3 aromatic carbocycles. The summed E-state index contributed by atoms with van der Waals surface area (Å²) >= 11 is 0. The van der Waals surface area contributed by atoms with Crippen LogP contribution in [0.4, 0.5) is 0 Å². The second kappa shape index (κ2) is 15.4. The molecule has 1 heterocycles. The van der Waals surface area contributed by atoms with Gasteiger partial charge in [-0.15, -0.1) is 0 Å². The van der Waals surface area contributed by atoms with Gasteiger partial charge in [0.25, 0.3) is 0 Å². The molecule has 4 aromatic rings. The quantitative estimate of drug-likeness (QED) is 0.189. The van der Waals surface area contributed by atoms with Crippen molar-refractivity contribution < 1.29 is 24.2 Å². The number of methoxy groups -OCH3 is 1. The van der Waals surface area contributed by atoms with Crippen molar-refractivity contribution in [2.24, 2.45) is 5.92 Å². The summed E-state index contributed by atoms with van der Waals surface area (Å²) in [7, 11) is 1.62. The Balaban J connectivity index is 1.31. The first-order valence-corrected chi connectivity index (χ1v) is 15.6. The van der Waals surface area contributed by atoms with Crippen molar-refractivity contribution in [3.8, 4) is 17.3 Å². The van der Waals surface area contributed by atoms with Gasteiger partial charge in [-0.05, 0) is 48.2 Å². The minimum absolute atomic E-state index is 0.114. The Labute approximate surface area is 264 Å². The number of rotatable bonds is 13. The zero-order chi connectivity index (χ0) is 31.6. The summed E-state index contributed by atoms with van der Waals surface area (Å²) in [4.78, 5) is 27.0. The van der Waals surface area contributed by atoms with E-state index in [4.69, 9.17) is 9.47 Å². The van der Waals surface area contributed by atoms with Crippen LogP contribution in [0.5, 0.6) is 11.6 Å². The number of carbonyl (C=O) groups excluding carboxylic acids is 2. The first kappa shape index (κ1) is 31.8. The van der Waals surface area contributed by atoms with Crippen molar-refractivity contribution in [1.82, 2.24) is 20.4 Å². The van der Waals surface area contributed by atoms with Gasteiger partial charge >= 0.3 is 0 Å². The minimum atomic E-state index is -1.24. The molecule has 3 N–H and O–H groups in total. The molecule has 1 aliphatic carbocycles. The number of amides is 2. The number of carbonyl (C=O) groups is 2. The first-order chi connectivity index (χ1) is 21.9. The van der Waals surface area contributed by atoms with Gasteiger partial charge in [0.2, 0.25) is 17.7 Å². The molecule has 236 valence electrons. The van der Waals surface area contributed by atoms with Crippen LogP contribution >= 0.6 is 0 Å². The highest BCUT2D eigenvalue weighted by Gasteiger charge is 2.31. The molecule has 45 heavy (non-hydrogen) atoms. The van der Waals surface area contributed by atoms with E-state index in [-0.39, 0.29) is 24.2 Å². The molecule has 1 aliphatic rings. The average Bonchev–Trinajstić information content (AvgIpc) is 3.52. The molecule has 2 amide bonds. The molecule has 0 bridgehead atoms. The van der Waals surface area contributed by atoms with Crippen molar-refractivity contribution in [2.75, 3.05) is 7.11 Å². The second-order valence-corrected chi connectivity index (χ2v) is 11.6. The van der Waals surface area contributed by atoms with Gasteiger partial charge in [0, 0.05) is 18.5 Å². The molecule has 0 spiro atoms. The van der Waals surface area contributed by atoms with Crippen LogP contribution in [0.1, 0.15) is 62.0 Å². The van der Waals surface area contributed by atoms with Crippen LogP contribution in [0.3, 0.4) is 0 Å². The number of benzene rings is 3. The number of hydrogen-bond donors (Lipinski definition) is 3. The number of hydrogen-bond acceptors (Lipinski definition) is 6. The smallest absolute Gasteiger partial charge is 0.243 e. The topological polar surface area (TPSA) is 115 Å². The standard InChI is InChI=1S/C36H42N4O5/c1-25(35(42)38-32(22-26-12-6-3-7-13-26)36(43)37-28-14-8-4-9-15-28)34(41)31-23-33(40(39-31)29-16-10-5-11-17-29)45-24-27-18-20-30(44-2)21-19-27/h3,5-7,10-13,16-21,23,25,28,32,34,41H,4,8-9,14-15,22,24H2,1-2H3,(H,37,43)(H,38,42)/t25-,32-,34-/m0/s1. The summed E-state index contributed by atoms with van der Waals surface area (Å²) in [6, 6.07) is 27.6. The van der Waals surface area contributed by atoms with E-state index in [0.717, 1.165) is 48.2 Å². The molecule has 1 saturated carbocycles. The van der Waals surface area contributed by atoms with Crippen LogP contribution < -0.4 is 20.1 Å². The number of aliphatic hydroxyl groups excluding tert-OH is 1. The van der Waals surface area contributed by atoms with Crippen LogP contribution in [-0.2, 0) is 22.6 Å². The van der Waals surface area contributed by atoms with Crippen LogP contribution in [0.2, 0.25) is 0 Å². The molecule has 0 radical (unpaired) electrons. The van der Waals surface area contributed by atoms with Gasteiger partial charge in [0.1, 0.15) is 24.5 Å². The summed E-state index contributed by atoms with van der Waals surface area (Å²) in [5.41, 5.74) is 2.91. The minimum Gasteiger partial charge on any atom is -0.497 e. The highest BCUT2D eigenvalue weighted by atomic mass is 16.5. The van der Waals surface area contributed by atoms with Crippen LogP contribution in [0.15, 0.2) is 91.0 Å². The Morgan fingerprint density at radius 3 is 2.24 bits per heavy atom. The fourth-order valence-corrected chi connectivity index (χ4v) is 5.57. The van der Waals surface area contributed by atoms with Gasteiger partial charge in [-0.25, -0.2) is 4.68 Å². The largest absolute Gasteiger partial charge is 0.497 e. The number of nitrogens with one attached hydrogen (secondary N) is 2. The lowest BCUT2D eigenvalue weighted by molar-refractivity contribution is -0.133. The Morgan fingerprint density at radius 1 is 0.911 bits per heavy atom. The summed E-state index contributed by atoms with van der Waals surface area (Å²) in [5, 5.41) is 22.1. The van der Waals surface area contributed by atoms with E-state index < -0.39 is 24.0 Å². The number of ether oxygens (including phenoxy) is 2. The molecule has 5 rings (SSSR count). The molecule has 1 aromatic heterocycles. The fraction of sp³-hybridized carbons (Fsp3) is 0.361. The van der Waals surface area contributed by atoms with Crippen molar-refractivity contribution >= 4 is 11.8 Å². The fourth-order valence-electron chi connectivity index (χ4n) is 5.57. The second-order valence-electron chi connectivity index (χ2n) is 11.6. The van der Waals surface area contributed by atoms with Crippen molar-refractivity contribution in [3.63, 3.8) is 0 Å². The van der Waals surface area contributed by atoms with Crippen molar-refractivity contribution in [3.05, 3.63) is 108 Å². The Kier molecular flexibility index (Phi) is 10.9. The summed E-state index contributed by atoms with van der Waals surface area (Å²) in [5.74, 6) is -0.351. The zero-order valence-electron chi connectivity index (χ0n) is 25.9. The molecular formula is C36H42N4O5. The van der Waals surface area contributed by atoms with Crippen molar-refractivity contribution in [1.29, 1.82) is 0 Å². The lowest BCUT2D eigenvalue weighted by Crippen LogP contribution is -2.52. The highest BCUT2D eigenvalue weighted by Crippen LogP contribution is 2.28. The van der Waals surface area contributed by atoms with E-state index in [1.54, 1.807) is 24.8 Å². The summed E-state index contributed by atoms with van der Waals surface area (Å²) in [6.07, 6.45) is 4.35. The van der Waals surface area contributed by atoms with Crippen LogP contribution in [-0.4, -0.2) is 45.9 Å². The van der Waals surface area contributed by atoms with Crippen molar-refractivity contribution in [2.45, 2.75) is 70.2 Å². The number of aromatic nitrogens is 2. The van der Waals surface area contributed by atoms with Gasteiger partial charge in [0.05, 0.1) is 24.4 Å². The third-order valence-corrected chi connectivity index (χ3v) is 8.30. The Hall–Kier alpha value is -4.63. The predicted octanol–water partition coefficient (Wildman–Crippen LogP) is 5.31. The predicted molar refractivity (Wildman–Crippen MR) is 172 cm³/mol.